The Morgan fingerprint density at radius 3 is 2.95 bits per heavy atom. The lowest BCUT2D eigenvalue weighted by Gasteiger charge is -2.21. The molecule has 0 aromatic rings. The van der Waals surface area contributed by atoms with Crippen LogP contribution < -0.4 is 16.2 Å². The van der Waals surface area contributed by atoms with Crippen molar-refractivity contribution in [3.63, 3.8) is 0 Å². The summed E-state index contributed by atoms with van der Waals surface area (Å²) in [6.45, 7) is 8.04. The van der Waals surface area contributed by atoms with Crippen molar-refractivity contribution in [2.75, 3.05) is 13.1 Å². The highest BCUT2D eigenvalue weighted by atomic mass is 16.7. The van der Waals surface area contributed by atoms with Crippen molar-refractivity contribution >= 4 is 11.6 Å². The molecular weight excluding hydrogens is 286 g/mol. The molecule has 8 nitrogen and oxygen atoms in total. The molecular formula is C14H25N5O3. The lowest BCUT2D eigenvalue weighted by molar-refractivity contribution is -0.132. The molecule has 1 amide bonds. The molecule has 0 saturated carbocycles. The van der Waals surface area contributed by atoms with Crippen LogP contribution in [0.5, 0.6) is 0 Å². The van der Waals surface area contributed by atoms with Crippen molar-refractivity contribution < 1.29 is 14.5 Å². The maximum absolute atomic E-state index is 12.2. The number of carbonyl (C=O) groups is 1. The third kappa shape index (κ3) is 3.10. The van der Waals surface area contributed by atoms with Gasteiger partial charge in [0.05, 0.1) is 11.8 Å². The molecule has 0 aliphatic carbocycles. The van der Waals surface area contributed by atoms with Gasteiger partial charge in [0.1, 0.15) is 6.17 Å². The highest BCUT2D eigenvalue weighted by molar-refractivity contribution is 5.94. The number of hydrazine groups is 1. The SMILES string of the molecule is CCN1NCC(C2=NO[C@@H](C(=O)NC3CC(C)ON3)C2)C1C. The zero-order valence-corrected chi connectivity index (χ0v) is 13.3. The maximum Gasteiger partial charge on any atom is 0.265 e. The normalized spacial score (nSPS) is 38.9. The number of carbonyl (C=O) groups excluding carboxylic acids is 1. The van der Waals surface area contributed by atoms with E-state index in [4.69, 9.17) is 9.68 Å². The number of amides is 1. The van der Waals surface area contributed by atoms with Crippen molar-refractivity contribution in [1.29, 1.82) is 0 Å². The van der Waals surface area contributed by atoms with E-state index < -0.39 is 6.10 Å². The fourth-order valence-electron chi connectivity index (χ4n) is 3.28. The lowest BCUT2D eigenvalue weighted by Crippen LogP contribution is -2.46. The van der Waals surface area contributed by atoms with Crippen molar-refractivity contribution in [1.82, 2.24) is 21.2 Å². The van der Waals surface area contributed by atoms with Gasteiger partial charge in [-0.25, -0.2) is 5.01 Å². The van der Waals surface area contributed by atoms with Crippen LogP contribution in [-0.2, 0) is 14.5 Å². The number of hydrogen-bond acceptors (Lipinski definition) is 7. The Bertz CT molecular complexity index is 458. The average Bonchev–Trinajstić information content (AvgIpc) is 3.19. The van der Waals surface area contributed by atoms with Gasteiger partial charge in [-0.2, -0.15) is 5.48 Å². The molecule has 0 aromatic carbocycles. The molecule has 0 aromatic heterocycles. The highest BCUT2D eigenvalue weighted by Gasteiger charge is 2.39. The van der Waals surface area contributed by atoms with Crippen LogP contribution in [0.25, 0.3) is 0 Å². The van der Waals surface area contributed by atoms with E-state index in [9.17, 15) is 4.79 Å². The molecule has 5 atom stereocenters. The third-order valence-corrected chi connectivity index (χ3v) is 4.64. The first kappa shape index (κ1) is 15.7. The summed E-state index contributed by atoms with van der Waals surface area (Å²) in [5.41, 5.74) is 7.14. The van der Waals surface area contributed by atoms with Crippen LogP contribution in [0, 0.1) is 5.92 Å². The molecule has 3 aliphatic rings. The number of nitrogens with zero attached hydrogens (tertiary/aromatic N) is 2. The summed E-state index contributed by atoms with van der Waals surface area (Å²) in [4.78, 5) is 22.8. The van der Waals surface area contributed by atoms with Crippen LogP contribution in [0.4, 0.5) is 0 Å². The van der Waals surface area contributed by atoms with Gasteiger partial charge in [-0.3, -0.25) is 15.1 Å². The van der Waals surface area contributed by atoms with Crippen molar-refractivity contribution in [2.45, 2.75) is 58.0 Å². The Hall–Kier alpha value is -1.22. The number of oxime groups is 1. The highest BCUT2D eigenvalue weighted by Crippen LogP contribution is 2.24. The van der Waals surface area contributed by atoms with E-state index in [1.54, 1.807) is 0 Å². The second-order valence-corrected chi connectivity index (χ2v) is 6.22. The summed E-state index contributed by atoms with van der Waals surface area (Å²) in [5.74, 6) is 0.158. The first-order chi connectivity index (χ1) is 10.6. The molecule has 4 unspecified atom stereocenters. The fourth-order valence-corrected chi connectivity index (χ4v) is 3.28. The minimum absolute atomic E-state index is 0.104. The van der Waals surface area contributed by atoms with Gasteiger partial charge in [-0.05, 0) is 13.8 Å². The molecule has 2 saturated heterocycles. The Balaban J connectivity index is 1.50. The zero-order valence-electron chi connectivity index (χ0n) is 13.3. The Morgan fingerprint density at radius 2 is 2.32 bits per heavy atom. The monoisotopic (exact) mass is 311 g/mol. The summed E-state index contributed by atoms with van der Waals surface area (Å²) in [5, 5.41) is 9.26. The van der Waals surface area contributed by atoms with Crippen LogP contribution in [0.1, 0.15) is 33.6 Å². The van der Waals surface area contributed by atoms with Gasteiger partial charge in [0.2, 0.25) is 6.10 Å². The average molecular weight is 311 g/mol. The Labute approximate surface area is 130 Å². The molecule has 3 heterocycles. The predicted molar refractivity (Wildman–Crippen MR) is 80.5 cm³/mol. The summed E-state index contributed by atoms with van der Waals surface area (Å²) < 4.78 is 0. The van der Waals surface area contributed by atoms with Crippen LogP contribution >= 0.6 is 0 Å². The smallest absolute Gasteiger partial charge is 0.265 e. The topological polar surface area (TPSA) is 87.2 Å². The molecule has 0 bridgehead atoms. The molecule has 0 spiro atoms. The summed E-state index contributed by atoms with van der Waals surface area (Å²) in [6, 6.07) is 0.361. The number of rotatable bonds is 4. The molecule has 3 N–H and O–H groups in total. The number of nitrogens with one attached hydrogen (secondary N) is 3. The van der Waals surface area contributed by atoms with E-state index in [0.717, 1.165) is 25.2 Å². The second-order valence-electron chi connectivity index (χ2n) is 6.22. The van der Waals surface area contributed by atoms with Gasteiger partial charge < -0.3 is 10.2 Å². The van der Waals surface area contributed by atoms with Crippen LogP contribution in [0.3, 0.4) is 0 Å². The second kappa shape index (κ2) is 6.49. The number of hydrogen-bond donors (Lipinski definition) is 3. The zero-order chi connectivity index (χ0) is 15.7. The van der Waals surface area contributed by atoms with Crippen molar-refractivity contribution in [2.24, 2.45) is 11.1 Å². The van der Waals surface area contributed by atoms with E-state index in [0.29, 0.717) is 18.4 Å². The Kier molecular flexibility index (Phi) is 4.62. The van der Waals surface area contributed by atoms with Gasteiger partial charge in [0.25, 0.3) is 5.91 Å². The fraction of sp³-hybridized carbons (Fsp3) is 0.857. The molecule has 8 heteroatoms. The van der Waals surface area contributed by atoms with E-state index >= 15 is 0 Å². The van der Waals surface area contributed by atoms with E-state index in [1.165, 1.54) is 0 Å². The molecule has 2 fully saturated rings. The van der Waals surface area contributed by atoms with Gasteiger partial charge in [-0.15, -0.1) is 0 Å². The van der Waals surface area contributed by atoms with E-state index in [2.05, 4.69) is 40.2 Å². The molecule has 22 heavy (non-hydrogen) atoms. The molecule has 3 rings (SSSR count). The lowest BCUT2D eigenvalue weighted by atomic mass is 9.93. The van der Waals surface area contributed by atoms with Crippen LogP contribution in [-0.4, -0.2) is 54.1 Å². The van der Waals surface area contributed by atoms with Gasteiger partial charge in [0, 0.05) is 37.9 Å². The summed E-state index contributed by atoms with van der Waals surface area (Å²) >= 11 is 0. The first-order valence-corrected chi connectivity index (χ1v) is 8.02. The molecule has 124 valence electrons. The minimum Gasteiger partial charge on any atom is -0.382 e. The van der Waals surface area contributed by atoms with Gasteiger partial charge in [0.15, 0.2) is 0 Å². The Morgan fingerprint density at radius 1 is 1.50 bits per heavy atom. The summed E-state index contributed by atoms with van der Waals surface area (Å²) in [6.07, 6.45) is 0.727. The minimum atomic E-state index is -0.532. The van der Waals surface area contributed by atoms with Gasteiger partial charge in [-0.1, -0.05) is 12.1 Å². The van der Waals surface area contributed by atoms with Crippen molar-refractivity contribution in [3.8, 4) is 0 Å². The van der Waals surface area contributed by atoms with Crippen LogP contribution in [0.15, 0.2) is 5.16 Å². The molecule has 0 radical (unpaired) electrons. The summed E-state index contributed by atoms with van der Waals surface area (Å²) in [7, 11) is 0. The quantitative estimate of drug-likeness (QED) is 0.663. The molecule has 3 aliphatic heterocycles. The third-order valence-electron chi connectivity index (χ3n) is 4.64. The standard InChI is InChI=1S/C14H25N5O3/c1-4-19-9(3)10(7-15-19)11-6-12(22-17-11)14(20)16-13-5-8(2)21-18-13/h8-10,12-13,15,18H,4-7H2,1-3H3,(H,16,20)/t8?,9?,10?,12-,13?/m1/s1. The first-order valence-electron chi connectivity index (χ1n) is 8.02. The van der Waals surface area contributed by atoms with Crippen molar-refractivity contribution in [3.05, 3.63) is 0 Å². The van der Waals surface area contributed by atoms with E-state index in [1.807, 2.05) is 6.92 Å². The number of hydroxylamine groups is 1. The van der Waals surface area contributed by atoms with Gasteiger partial charge >= 0.3 is 0 Å². The largest absolute Gasteiger partial charge is 0.382 e. The van der Waals surface area contributed by atoms with Crippen LogP contribution in [0.2, 0.25) is 0 Å². The maximum atomic E-state index is 12.2. The predicted octanol–water partition coefficient (Wildman–Crippen LogP) is -0.268. The van der Waals surface area contributed by atoms with E-state index in [-0.39, 0.29) is 18.2 Å².